The van der Waals surface area contributed by atoms with E-state index in [1.54, 1.807) is 48.8 Å². The SMILES string of the molecule is C=C1C=C(Oc2cc(F)c(Nc3ncnc(=C/C)/c3=C(OC)\C(=C\CC)N3CCN(C(=O)/C=C/CN(C)C)CC3)cc2C)C=CN1/N=C\C.CC.CCC. The number of piperazine rings is 1. The van der Waals surface area contributed by atoms with Crippen molar-refractivity contribution in [2.45, 2.75) is 68.2 Å². The van der Waals surface area contributed by atoms with E-state index in [0.717, 1.165) is 12.1 Å². The van der Waals surface area contributed by atoms with Gasteiger partial charge in [0, 0.05) is 63.4 Å². The summed E-state index contributed by atoms with van der Waals surface area (Å²) in [5, 5.41) is 10.3. The lowest BCUT2D eigenvalue weighted by atomic mass is 10.1. The molecule has 4 rings (SSSR count). The highest BCUT2D eigenvalue weighted by molar-refractivity contribution is 5.87. The zero-order chi connectivity index (χ0) is 40.2. The molecule has 1 saturated heterocycles. The van der Waals surface area contributed by atoms with E-state index in [4.69, 9.17) is 9.47 Å². The van der Waals surface area contributed by atoms with Gasteiger partial charge in [0.15, 0.2) is 5.76 Å². The Morgan fingerprint density at radius 3 is 2.33 bits per heavy atom. The standard InChI is InChI=1S/C37H47FN8O3.C3H8.C2H6/c1-9-13-32(44-18-20-45(21-19-44)34(47)14-12-16-43(6)7)36(48-8)35-30(10-2)39-25-40-37(35)42-31-22-26(4)33(24-29(31)38)49-28-15-17-46(41-11-3)27(5)23-28;1-3-2;1-2/h10-15,17,22-25H,5,9,16,18-21H2,1-4,6-8H3,(H,39,40,42);3H2,1-2H3;1-2H3/b14-12+,30-10+,32-13-,36-35-,41-11-;;. The van der Waals surface area contributed by atoms with Gasteiger partial charge >= 0.3 is 0 Å². The average molecular weight is 745 g/mol. The van der Waals surface area contributed by atoms with Gasteiger partial charge in [0.05, 0.1) is 34.8 Å². The topological polar surface area (TPSA) is 98.7 Å². The lowest BCUT2D eigenvalue weighted by molar-refractivity contribution is -0.127. The average Bonchev–Trinajstić information content (AvgIpc) is 3.16. The molecule has 294 valence electrons. The van der Waals surface area contributed by atoms with Gasteiger partial charge in [-0.2, -0.15) is 5.10 Å². The van der Waals surface area contributed by atoms with E-state index in [1.165, 1.54) is 18.8 Å². The first-order valence-electron chi connectivity index (χ1n) is 18.7. The number of carbonyl (C=O) groups is 1. The van der Waals surface area contributed by atoms with Crippen LogP contribution in [-0.4, -0.2) is 95.7 Å². The van der Waals surface area contributed by atoms with Crippen molar-refractivity contribution < 1.29 is 18.7 Å². The molecule has 2 aliphatic rings. The summed E-state index contributed by atoms with van der Waals surface area (Å²) in [6.45, 7) is 22.9. The smallest absolute Gasteiger partial charge is 0.246 e. The van der Waals surface area contributed by atoms with Crippen LogP contribution >= 0.6 is 0 Å². The predicted molar refractivity (Wildman–Crippen MR) is 221 cm³/mol. The highest BCUT2D eigenvalue weighted by Gasteiger charge is 2.25. The summed E-state index contributed by atoms with van der Waals surface area (Å²) in [5.41, 5.74) is 2.41. The van der Waals surface area contributed by atoms with Crippen molar-refractivity contribution in [2.75, 3.05) is 59.2 Å². The van der Waals surface area contributed by atoms with Gasteiger partial charge < -0.3 is 29.5 Å². The maximum absolute atomic E-state index is 15.7. The third-order valence-corrected chi connectivity index (χ3v) is 7.84. The Bertz CT molecular complexity index is 1820. The van der Waals surface area contributed by atoms with Gasteiger partial charge in [-0.25, -0.2) is 19.4 Å². The second-order valence-electron chi connectivity index (χ2n) is 12.4. The van der Waals surface area contributed by atoms with Crippen molar-refractivity contribution in [3.8, 4) is 5.75 Å². The summed E-state index contributed by atoms with van der Waals surface area (Å²) in [4.78, 5) is 27.9. The molecular formula is C42H61FN8O3. The number of aromatic nitrogens is 2. The summed E-state index contributed by atoms with van der Waals surface area (Å²) in [7, 11) is 5.54. The number of methoxy groups -OCH3 is 1. The molecular weight excluding hydrogens is 684 g/mol. The van der Waals surface area contributed by atoms with Crippen LogP contribution in [0.4, 0.5) is 15.9 Å². The van der Waals surface area contributed by atoms with Crippen molar-refractivity contribution in [3.63, 3.8) is 0 Å². The number of halogens is 1. The molecule has 0 aliphatic carbocycles. The number of hydrogen-bond donors (Lipinski definition) is 1. The quantitative estimate of drug-likeness (QED) is 0.185. The lowest BCUT2D eigenvalue weighted by Crippen LogP contribution is -2.48. The molecule has 1 N–H and O–H groups in total. The fraction of sp³-hybridized carbons (Fsp3) is 0.429. The van der Waals surface area contributed by atoms with E-state index >= 15 is 4.39 Å². The number of likely N-dealkylation sites (N-methyl/N-ethyl adjacent to an activating group) is 1. The van der Waals surface area contributed by atoms with Crippen molar-refractivity contribution in [1.82, 2.24) is 29.7 Å². The van der Waals surface area contributed by atoms with Gasteiger partial charge in [-0.3, -0.25) is 4.79 Å². The number of carbonyl (C=O) groups excluding carboxylic acids is 1. The Hall–Kier alpha value is -5.23. The first-order valence-corrected chi connectivity index (χ1v) is 18.7. The van der Waals surface area contributed by atoms with E-state index < -0.39 is 5.82 Å². The van der Waals surface area contributed by atoms with E-state index in [-0.39, 0.29) is 11.6 Å². The summed E-state index contributed by atoms with van der Waals surface area (Å²) in [5.74, 6) is 1.31. The van der Waals surface area contributed by atoms with Crippen LogP contribution in [0.5, 0.6) is 5.75 Å². The molecule has 0 unspecified atom stereocenters. The molecule has 1 amide bonds. The minimum Gasteiger partial charge on any atom is -0.494 e. The van der Waals surface area contributed by atoms with Gasteiger partial charge in [0.1, 0.15) is 29.5 Å². The molecule has 3 heterocycles. The number of nitrogens with one attached hydrogen (secondary N) is 1. The summed E-state index contributed by atoms with van der Waals surface area (Å²) >= 11 is 0. The van der Waals surface area contributed by atoms with E-state index in [0.29, 0.717) is 77.6 Å². The first kappa shape index (κ1) is 44.9. The number of hydrogen-bond acceptors (Lipinski definition) is 10. The number of ether oxygens (including phenoxy) is 2. The second kappa shape index (κ2) is 23.4. The van der Waals surface area contributed by atoms with E-state index in [1.807, 2.05) is 70.7 Å². The van der Waals surface area contributed by atoms with Crippen molar-refractivity contribution >= 4 is 35.5 Å². The molecule has 2 aromatic rings. The zero-order valence-corrected chi connectivity index (χ0v) is 34.2. The Morgan fingerprint density at radius 1 is 1.09 bits per heavy atom. The first-order chi connectivity index (χ1) is 26.0. The van der Waals surface area contributed by atoms with E-state index in [9.17, 15) is 4.79 Å². The maximum atomic E-state index is 15.7. The molecule has 0 radical (unpaired) electrons. The maximum Gasteiger partial charge on any atom is 0.246 e. The molecule has 0 saturated carbocycles. The van der Waals surface area contributed by atoms with Gasteiger partial charge in [0.2, 0.25) is 5.91 Å². The number of allylic oxidation sites excluding steroid dienone is 3. The molecule has 11 nitrogen and oxygen atoms in total. The molecule has 0 bridgehead atoms. The largest absolute Gasteiger partial charge is 0.494 e. The fourth-order valence-electron chi connectivity index (χ4n) is 5.41. The van der Waals surface area contributed by atoms with Crippen LogP contribution in [0.15, 0.2) is 83.9 Å². The number of anilines is 2. The number of aryl methyl sites for hydroxylation is 1. The normalized spacial score (nSPS) is 15.5. The summed E-state index contributed by atoms with van der Waals surface area (Å²) in [6, 6.07) is 3.03. The van der Waals surface area contributed by atoms with Crippen molar-refractivity contribution in [3.05, 3.63) is 101 Å². The third kappa shape index (κ3) is 12.7. The monoisotopic (exact) mass is 744 g/mol. The minimum atomic E-state index is -0.521. The number of amides is 1. The molecule has 12 heteroatoms. The zero-order valence-electron chi connectivity index (χ0n) is 34.2. The molecule has 1 aromatic carbocycles. The molecule has 0 spiro atoms. The predicted octanol–water partition coefficient (Wildman–Crippen LogP) is 6.83. The molecule has 2 aliphatic heterocycles. The van der Waals surface area contributed by atoms with Crippen LogP contribution in [-0.2, 0) is 9.53 Å². The summed E-state index contributed by atoms with van der Waals surface area (Å²) < 4.78 is 27.8. The Labute approximate surface area is 322 Å². The van der Waals surface area contributed by atoms with Crippen LogP contribution in [0.2, 0.25) is 0 Å². The van der Waals surface area contributed by atoms with Crippen LogP contribution in [0.25, 0.3) is 11.8 Å². The van der Waals surface area contributed by atoms with Crippen LogP contribution < -0.4 is 20.6 Å². The number of hydrazone groups is 1. The molecule has 0 atom stereocenters. The van der Waals surface area contributed by atoms with Crippen molar-refractivity contribution in [1.29, 1.82) is 0 Å². The fourth-order valence-corrected chi connectivity index (χ4v) is 5.41. The van der Waals surface area contributed by atoms with Gasteiger partial charge in [-0.05, 0) is 59.0 Å². The number of benzene rings is 1. The van der Waals surface area contributed by atoms with Crippen LogP contribution in [0.1, 0.15) is 66.9 Å². The number of rotatable bonds is 12. The molecule has 1 fully saturated rings. The van der Waals surface area contributed by atoms with Crippen molar-refractivity contribution in [2.24, 2.45) is 5.10 Å². The highest BCUT2D eigenvalue weighted by atomic mass is 19.1. The third-order valence-electron chi connectivity index (χ3n) is 7.84. The van der Waals surface area contributed by atoms with Gasteiger partial charge in [-0.1, -0.05) is 65.8 Å². The minimum absolute atomic E-state index is 0.00347. The second-order valence-corrected chi connectivity index (χ2v) is 12.4. The van der Waals surface area contributed by atoms with Gasteiger partial charge in [0.25, 0.3) is 0 Å². The van der Waals surface area contributed by atoms with Crippen LogP contribution in [0.3, 0.4) is 0 Å². The Kier molecular flexibility index (Phi) is 19.5. The van der Waals surface area contributed by atoms with E-state index in [2.05, 4.69) is 58.7 Å². The van der Waals surface area contributed by atoms with Crippen LogP contribution in [0, 0.1) is 12.7 Å². The van der Waals surface area contributed by atoms with Gasteiger partial charge in [-0.15, -0.1) is 0 Å². The summed E-state index contributed by atoms with van der Waals surface area (Å²) in [6.07, 6.45) is 17.8. The highest BCUT2D eigenvalue weighted by Crippen LogP contribution is 2.30. The molecule has 1 aromatic heterocycles. The molecule has 54 heavy (non-hydrogen) atoms. The Balaban J connectivity index is 0.00000192. The Morgan fingerprint density at radius 2 is 1.76 bits per heavy atom. The lowest BCUT2D eigenvalue weighted by Gasteiger charge is -2.37. The number of nitrogens with zero attached hydrogens (tertiary/aromatic N) is 7.